The highest BCUT2D eigenvalue weighted by Crippen LogP contribution is 2.26. The highest BCUT2D eigenvalue weighted by Gasteiger charge is 2.24. The number of ether oxygens (including phenoxy) is 1. The van der Waals surface area contributed by atoms with Crippen molar-refractivity contribution in [1.82, 2.24) is 4.67 Å². The molecule has 0 unspecified atom stereocenters. The standard InChI is InChI=1S/C13H27N2O2P/c1-10(2)17-11(16)9-15(13(6,7)8)18-14-12(3,4)5/h10H,9H2,1-8H3. The highest BCUT2D eigenvalue weighted by atomic mass is 31.1. The molecule has 0 saturated carbocycles. The van der Waals surface area contributed by atoms with Crippen molar-refractivity contribution >= 4 is 14.5 Å². The molecule has 0 saturated heterocycles. The summed E-state index contributed by atoms with van der Waals surface area (Å²) in [5.41, 5.74) is -0.223. The smallest absolute Gasteiger partial charge is 0.321 e. The van der Waals surface area contributed by atoms with Crippen LogP contribution in [0.1, 0.15) is 55.4 Å². The highest BCUT2D eigenvalue weighted by molar-refractivity contribution is 7.24. The summed E-state index contributed by atoms with van der Waals surface area (Å²) in [7, 11) is 0.811. The van der Waals surface area contributed by atoms with E-state index in [2.05, 4.69) is 25.5 Å². The summed E-state index contributed by atoms with van der Waals surface area (Å²) < 4.78 is 11.7. The molecule has 0 aliphatic heterocycles. The lowest BCUT2D eigenvalue weighted by Gasteiger charge is -2.30. The molecular formula is C13H27N2O2P. The number of hydrogen-bond donors (Lipinski definition) is 0. The van der Waals surface area contributed by atoms with Gasteiger partial charge in [0.2, 0.25) is 0 Å². The van der Waals surface area contributed by atoms with Gasteiger partial charge in [0.05, 0.1) is 20.2 Å². The lowest BCUT2D eigenvalue weighted by atomic mass is 10.1. The third-order valence-electron chi connectivity index (χ3n) is 1.87. The normalized spacial score (nSPS) is 13.7. The van der Waals surface area contributed by atoms with E-state index in [0.717, 1.165) is 8.52 Å². The fourth-order valence-corrected chi connectivity index (χ4v) is 1.84. The van der Waals surface area contributed by atoms with Crippen LogP contribution in [0.2, 0.25) is 0 Å². The number of rotatable bonds is 4. The largest absolute Gasteiger partial charge is 0.462 e. The van der Waals surface area contributed by atoms with E-state index in [9.17, 15) is 4.79 Å². The summed E-state index contributed by atoms with van der Waals surface area (Å²) in [4.78, 5) is 11.7. The minimum Gasteiger partial charge on any atom is -0.462 e. The van der Waals surface area contributed by atoms with Crippen molar-refractivity contribution in [2.45, 2.75) is 72.6 Å². The molecule has 0 spiro atoms. The molecule has 0 aromatic rings. The van der Waals surface area contributed by atoms with Gasteiger partial charge >= 0.3 is 5.97 Å². The Morgan fingerprint density at radius 3 is 2.06 bits per heavy atom. The second-order valence-electron chi connectivity index (χ2n) is 6.63. The quantitative estimate of drug-likeness (QED) is 0.577. The Bertz CT molecular complexity index is 301. The van der Waals surface area contributed by atoms with E-state index >= 15 is 0 Å². The Hall–Kier alpha value is -0.470. The fourth-order valence-electron chi connectivity index (χ4n) is 1.01. The number of carbonyl (C=O) groups excluding carboxylic acids is 1. The SMILES string of the molecule is CC(C)OC(=O)CN(P=NC(C)(C)C)C(C)(C)C. The van der Waals surface area contributed by atoms with Crippen LogP contribution in [0, 0.1) is 0 Å². The van der Waals surface area contributed by atoms with E-state index in [4.69, 9.17) is 4.74 Å². The Kier molecular flexibility index (Phi) is 6.45. The van der Waals surface area contributed by atoms with Crippen LogP contribution in [0.5, 0.6) is 0 Å². The summed E-state index contributed by atoms with van der Waals surface area (Å²) in [6.07, 6.45) is -0.0736. The lowest BCUT2D eigenvalue weighted by molar-refractivity contribution is -0.148. The van der Waals surface area contributed by atoms with Gasteiger partial charge in [-0.25, -0.2) is 9.42 Å². The first-order valence-corrected chi connectivity index (χ1v) is 7.12. The van der Waals surface area contributed by atoms with Crippen LogP contribution in [0.15, 0.2) is 4.74 Å². The molecular weight excluding hydrogens is 247 g/mol. The Balaban J connectivity index is 4.73. The van der Waals surface area contributed by atoms with E-state index in [1.54, 1.807) is 0 Å². The van der Waals surface area contributed by atoms with Crippen LogP contribution in [-0.4, -0.2) is 34.4 Å². The van der Waals surface area contributed by atoms with Gasteiger partial charge < -0.3 is 4.74 Å². The summed E-state index contributed by atoms with van der Waals surface area (Å²) in [5, 5.41) is 0. The number of nitrogens with zero attached hydrogens (tertiary/aromatic N) is 2. The molecule has 0 aromatic heterocycles. The Morgan fingerprint density at radius 2 is 1.72 bits per heavy atom. The van der Waals surface area contributed by atoms with Crippen molar-refractivity contribution in [2.75, 3.05) is 6.54 Å². The first-order valence-electron chi connectivity index (χ1n) is 6.32. The molecule has 0 heterocycles. The molecule has 0 fully saturated rings. The zero-order valence-corrected chi connectivity index (χ0v) is 13.8. The van der Waals surface area contributed by atoms with Gasteiger partial charge in [-0.05, 0) is 55.4 Å². The van der Waals surface area contributed by atoms with Crippen LogP contribution in [0.4, 0.5) is 0 Å². The van der Waals surface area contributed by atoms with E-state index < -0.39 is 0 Å². The molecule has 0 rings (SSSR count). The van der Waals surface area contributed by atoms with Gasteiger partial charge in [-0.15, -0.1) is 0 Å². The van der Waals surface area contributed by atoms with Crippen molar-refractivity contribution in [3.05, 3.63) is 0 Å². The molecule has 0 aromatic carbocycles. The third-order valence-corrected chi connectivity index (χ3v) is 3.52. The number of carbonyl (C=O) groups is 1. The van der Waals surface area contributed by atoms with Gasteiger partial charge in [-0.2, -0.15) is 0 Å². The summed E-state index contributed by atoms with van der Waals surface area (Å²) in [6.45, 7) is 16.3. The summed E-state index contributed by atoms with van der Waals surface area (Å²) >= 11 is 0. The maximum Gasteiger partial charge on any atom is 0.321 e. The van der Waals surface area contributed by atoms with Crippen LogP contribution in [0.3, 0.4) is 0 Å². The fraction of sp³-hybridized carbons (Fsp3) is 0.923. The molecule has 0 N–H and O–H groups in total. The topological polar surface area (TPSA) is 41.9 Å². The average molecular weight is 274 g/mol. The van der Waals surface area contributed by atoms with Crippen molar-refractivity contribution in [1.29, 1.82) is 0 Å². The van der Waals surface area contributed by atoms with Crippen molar-refractivity contribution in [2.24, 2.45) is 4.74 Å². The zero-order valence-electron chi connectivity index (χ0n) is 12.9. The maximum absolute atomic E-state index is 11.7. The molecule has 0 atom stereocenters. The molecule has 0 amide bonds. The molecule has 0 bridgehead atoms. The average Bonchev–Trinajstić information content (AvgIpc) is 2.07. The van der Waals surface area contributed by atoms with Gasteiger partial charge in [0, 0.05) is 5.54 Å². The lowest BCUT2D eigenvalue weighted by Crippen LogP contribution is -2.38. The van der Waals surface area contributed by atoms with Gasteiger partial charge in [-0.1, -0.05) is 0 Å². The molecule has 0 aliphatic rings. The van der Waals surface area contributed by atoms with Crippen molar-refractivity contribution in [3.8, 4) is 0 Å². The summed E-state index contributed by atoms with van der Waals surface area (Å²) in [6, 6.07) is 0. The molecule has 5 heteroatoms. The van der Waals surface area contributed by atoms with Gasteiger partial charge in [0.15, 0.2) is 0 Å². The predicted octanol–water partition coefficient (Wildman–Crippen LogP) is 3.88. The van der Waals surface area contributed by atoms with E-state index in [0.29, 0.717) is 0 Å². The van der Waals surface area contributed by atoms with E-state index in [-0.39, 0.29) is 29.7 Å². The minimum atomic E-state index is -0.198. The van der Waals surface area contributed by atoms with E-state index in [1.807, 2.05) is 39.3 Å². The van der Waals surface area contributed by atoms with Crippen LogP contribution < -0.4 is 0 Å². The summed E-state index contributed by atoms with van der Waals surface area (Å²) in [5.74, 6) is -0.198. The molecule has 0 aliphatic carbocycles. The minimum absolute atomic E-state index is 0.0736. The number of hydrogen-bond acceptors (Lipinski definition) is 3. The van der Waals surface area contributed by atoms with Crippen molar-refractivity contribution < 1.29 is 9.53 Å². The first kappa shape index (κ1) is 17.5. The predicted molar refractivity (Wildman–Crippen MR) is 76.8 cm³/mol. The van der Waals surface area contributed by atoms with Crippen LogP contribution in [-0.2, 0) is 9.53 Å². The second-order valence-corrected chi connectivity index (χ2v) is 7.49. The van der Waals surface area contributed by atoms with Crippen LogP contribution in [0.25, 0.3) is 0 Å². The molecule has 4 nitrogen and oxygen atoms in total. The maximum atomic E-state index is 11.7. The van der Waals surface area contributed by atoms with Gasteiger partial charge in [0.1, 0.15) is 6.54 Å². The molecule has 18 heavy (non-hydrogen) atoms. The first-order chi connectivity index (χ1) is 7.92. The van der Waals surface area contributed by atoms with Gasteiger partial charge in [-0.3, -0.25) is 4.79 Å². The van der Waals surface area contributed by atoms with Crippen molar-refractivity contribution in [3.63, 3.8) is 0 Å². The van der Waals surface area contributed by atoms with Gasteiger partial charge in [0.25, 0.3) is 0 Å². The number of esters is 1. The Morgan fingerprint density at radius 1 is 1.22 bits per heavy atom. The molecule has 106 valence electrons. The monoisotopic (exact) mass is 274 g/mol. The van der Waals surface area contributed by atoms with E-state index in [1.165, 1.54) is 0 Å². The second kappa shape index (κ2) is 6.63. The Labute approximate surface area is 113 Å². The zero-order chi connectivity index (χ0) is 14.6. The molecule has 0 radical (unpaired) electrons. The van der Waals surface area contributed by atoms with Crippen LogP contribution >= 0.6 is 8.52 Å². The third kappa shape index (κ3) is 8.60.